The van der Waals surface area contributed by atoms with Gasteiger partial charge in [0, 0.05) is 13.0 Å². The maximum atomic E-state index is 11.6. The number of hydrogen-bond acceptors (Lipinski definition) is 4. The summed E-state index contributed by atoms with van der Waals surface area (Å²) in [5.74, 6) is 1.38. The molecule has 4 nitrogen and oxygen atoms in total. The SMILES string of the molecule is CC=C(C)C1C(C=CC=C(C)C(C)=O)C2CC(OC)C(C)(O)CC2C2OC21C. The van der Waals surface area contributed by atoms with Crippen molar-refractivity contribution in [3.8, 4) is 0 Å². The van der Waals surface area contributed by atoms with E-state index < -0.39 is 5.60 Å². The van der Waals surface area contributed by atoms with Crippen LogP contribution in [-0.2, 0) is 14.3 Å². The lowest BCUT2D eigenvalue weighted by atomic mass is 9.54. The maximum Gasteiger partial charge on any atom is 0.155 e. The predicted molar refractivity (Wildman–Crippen MR) is 111 cm³/mol. The molecule has 2 saturated carbocycles. The number of methoxy groups -OCH3 is 1. The van der Waals surface area contributed by atoms with Crippen LogP contribution >= 0.6 is 0 Å². The molecule has 0 aromatic rings. The van der Waals surface area contributed by atoms with Crippen LogP contribution in [0, 0.1) is 23.7 Å². The Balaban J connectivity index is 1.99. The zero-order chi connectivity index (χ0) is 20.9. The summed E-state index contributed by atoms with van der Waals surface area (Å²) in [6.45, 7) is 11.8. The summed E-state index contributed by atoms with van der Waals surface area (Å²) in [4.78, 5) is 11.6. The predicted octanol–water partition coefficient (Wildman–Crippen LogP) is 4.24. The summed E-state index contributed by atoms with van der Waals surface area (Å²) in [6, 6.07) is 0. The second-order valence-electron chi connectivity index (χ2n) is 9.45. The van der Waals surface area contributed by atoms with E-state index in [0.717, 1.165) is 12.0 Å². The topological polar surface area (TPSA) is 59.1 Å². The molecule has 3 aliphatic rings. The number of ether oxygens (including phenoxy) is 2. The first-order valence-corrected chi connectivity index (χ1v) is 10.5. The highest BCUT2D eigenvalue weighted by Crippen LogP contribution is 2.64. The number of aliphatic hydroxyl groups is 1. The Morgan fingerprint density at radius 3 is 2.46 bits per heavy atom. The molecule has 0 radical (unpaired) electrons. The number of carbonyl (C=O) groups is 1. The van der Waals surface area contributed by atoms with Crippen LogP contribution in [0.1, 0.15) is 54.4 Å². The van der Waals surface area contributed by atoms with Crippen LogP contribution in [-0.4, -0.2) is 41.4 Å². The van der Waals surface area contributed by atoms with Gasteiger partial charge in [0.1, 0.15) is 0 Å². The van der Waals surface area contributed by atoms with E-state index in [1.165, 1.54) is 5.57 Å². The Morgan fingerprint density at radius 1 is 1.21 bits per heavy atom. The summed E-state index contributed by atoms with van der Waals surface area (Å²) in [7, 11) is 1.69. The van der Waals surface area contributed by atoms with E-state index in [1.807, 2.05) is 26.0 Å². The zero-order valence-electron chi connectivity index (χ0n) is 18.4. The Morgan fingerprint density at radius 2 is 1.89 bits per heavy atom. The van der Waals surface area contributed by atoms with Crippen molar-refractivity contribution < 1.29 is 19.4 Å². The van der Waals surface area contributed by atoms with Gasteiger partial charge in [-0.1, -0.05) is 29.9 Å². The molecule has 1 aliphatic heterocycles. The lowest BCUT2D eigenvalue weighted by molar-refractivity contribution is -0.145. The molecular formula is C24H36O4. The molecule has 156 valence electrons. The summed E-state index contributed by atoms with van der Waals surface area (Å²) < 4.78 is 12.0. The van der Waals surface area contributed by atoms with Gasteiger partial charge in [-0.3, -0.25) is 4.79 Å². The second-order valence-corrected chi connectivity index (χ2v) is 9.45. The number of rotatable bonds is 5. The smallest absolute Gasteiger partial charge is 0.155 e. The highest BCUT2D eigenvalue weighted by Gasteiger charge is 2.70. The third-order valence-corrected chi connectivity index (χ3v) is 7.62. The molecular weight excluding hydrogens is 352 g/mol. The summed E-state index contributed by atoms with van der Waals surface area (Å²) in [6.07, 6.45) is 9.95. The van der Waals surface area contributed by atoms with Crippen LogP contribution in [0.2, 0.25) is 0 Å². The minimum absolute atomic E-state index is 0.0954. The molecule has 3 fully saturated rings. The molecule has 0 aromatic carbocycles. The first-order chi connectivity index (χ1) is 13.1. The minimum atomic E-state index is -0.829. The first kappa shape index (κ1) is 21.5. The van der Waals surface area contributed by atoms with Crippen molar-refractivity contribution in [1.82, 2.24) is 0 Å². The number of allylic oxidation sites excluding steroid dienone is 5. The molecule has 1 heterocycles. The number of carbonyl (C=O) groups excluding carboxylic acids is 1. The van der Waals surface area contributed by atoms with Gasteiger partial charge in [-0.05, 0) is 77.7 Å². The molecule has 0 aromatic heterocycles. The second kappa shape index (κ2) is 7.55. The van der Waals surface area contributed by atoms with Crippen molar-refractivity contribution in [2.45, 2.75) is 77.8 Å². The van der Waals surface area contributed by atoms with Gasteiger partial charge in [0.25, 0.3) is 0 Å². The highest BCUT2D eigenvalue weighted by atomic mass is 16.6. The molecule has 28 heavy (non-hydrogen) atoms. The third kappa shape index (κ3) is 3.55. The van der Waals surface area contributed by atoms with Gasteiger partial charge in [-0.15, -0.1) is 0 Å². The van der Waals surface area contributed by atoms with Crippen molar-refractivity contribution in [2.24, 2.45) is 23.7 Å². The fourth-order valence-electron chi connectivity index (χ4n) is 5.83. The quantitative estimate of drug-likeness (QED) is 0.331. The first-order valence-electron chi connectivity index (χ1n) is 10.5. The lowest BCUT2D eigenvalue weighted by Gasteiger charge is -2.51. The van der Waals surface area contributed by atoms with E-state index >= 15 is 0 Å². The zero-order valence-corrected chi connectivity index (χ0v) is 18.4. The van der Waals surface area contributed by atoms with Crippen molar-refractivity contribution in [3.63, 3.8) is 0 Å². The van der Waals surface area contributed by atoms with E-state index in [-0.39, 0.29) is 29.5 Å². The van der Waals surface area contributed by atoms with Gasteiger partial charge in [0.05, 0.1) is 23.4 Å². The number of Topliss-reactive ketones (excluding diaryl/α,β-unsaturated/α-hetero) is 1. The monoisotopic (exact) mass is 388 g/mol. The van der Waals surface area contributed by atoms with Crippen LogP contribution in [0.25, 0.3) is 0 Å². The molecule has 0 bridgehead atoms. The highest BCUT2D eigenvalue weighted by molar-refractivity contribution is 5.92. The molecule has 0 spiro atoms. The van der Waals surface area contributed by atoms with Gasteiger partial charge < -0.3 is 14.6 Å². The number of epoxide rings is 1. The Hall–Kier alpha value is -1.23. The van der Waals surface area contributed by atoms with E-state index in [4.69, 9.17) is 9.47 Å². The molecule has 1 saturated heterocycles. The largest absolute Gasteiger partial charge is 0.387 e. The third-order valence-electron chi connectivity index (χ3n) is 7.62. The van der Waals surface area contributed by atoms with Crippen LogP contribution in [0.15, 0.2) is 35.5 Å². The average Bonchev–Trinajstić information content (AvgIpc) is 3.32. The minimum Gasteiger partial charge on any atom is -0.387 e. The van der Waals surface area contributed by atoms with Crippen molar-refractivity contribution in [1.29, 1.82) is 0 Å². The van der Waals surface area contributed by atoms with Crippen LogP contribution in [0.5, 0.6) is 0 Å². The fourth-order valence-corrected chi connectivity index (χ4v) is 5.83. The normalized spacial score (nSPS) is 46.3. The Bertz CT molecular complexity index is 716. The van der Waals surface area contributed by atoms with Crippen LogP contribution in [0.3, 0.4) is 0 Å². The summed E-state index contributed by atoms with van der Waals surface area (Å²) in [5.41, 5.74) is 1.10. The van der Waals surface area contributed by atoms with Crippen molar-refractivity contribution in [3.05, 3.63) is 35.5 Å². The van der Waals surface area contributed by atoms with E-state index in [9.17, 15) is 9.90 Å². The molecule has 1 N–H and O–H groups in total. The Labute approximate surface area is 169 Å². The standard InChI is InChI=1S/C24H36O4/c1-8-14(2)21-17(11-9-10-15(3)16(4)25)18-12-20(27-7)23(5,26)13-19(18)22-24(21,6)28-22/h8-11,17-22,26H,12-13H2,1-7H3. The van der Waals surface area contributed by atoms with E-state index in [1.54, 1.807) is 14.0 Å². The molecule has 2 aliphatic carbocycles. The Kier molecular flexibility index (Phi) is 5.79. The number of hydrogen-bond donors (Lipinski definition) is 1. The molecule has 4 heteroatoms. The summed E-state index contributed by atoms with van der Waals surface area (Å²) in [5, 5.41) is 11.0. The van der Waals surface area contributed by atoms with Gasteiger partial charge in [-0.2, -0.15) is 0 Å². The van der Waals surface area contributed by atoms with Crippen LogP contribution < -0.4 is 0 Å². The average molecular weight is 389 g/mol. The summed E-state index contributed by atoms with van der Waals surface area (Å²) >= 11 is 0. The van der Waals surface area contributed by atoms with Gasteiger partial charge >= 0.3 is 0 Å². The van der Waals surface area contributed by atoms with Gasteiger partial charge in [-0.25, -0.2) is 0 Å². The van der Waals surface area contributed by atoms with E-state index in [0.29, 0.717) is 24.2 Å². The molecule has 8 unspecified atom stereocenters. The molecule has 8 atom stereocenters. The van der Waals surface area contributed by atoms with Crippen molar-refractivity contribution >= 4 is 5.78 Å². The molecule has 0 amide bonds. The van der Waals surface area contributed by atoms with Crippen LogP contribution in [0.4, 0.5) is 0 Å². The fraction of sp³-hybridized carbons (Fsp3) is 0.708. The number of ketones is 1. The maximum absolute atomic E-state index is 11.6. The van der Waals surface area contributed by atoms with Gasteiger partial charge in [0.2, 0.25) is 0 Å². The molecule has 3 rings (SSSR count). The van der Waals surface area contributed by atoms with E-state index in [2.05, 4.69) is 32.9 Å². The lowest BCUT2D eigenvalue weighted by Crippen LogP contribution is -2.56. The number of fused-ring (bicyclic) bond motifs is 3. The van der Waals surface area contributed by atoms with Gasteiger partial charge in [0.15, 0.2) is 5.78 Å². The van der Waals surface area contributed by atoms with Crippen molar-refractivity contribution in [2.75, 3.05) is 7.11 Å².